The van der Waals surface area contributed by atoms with Crippen LogP contribution in [0.3, 0.4) is 0 Å². The normalized spacial score (nSPS) is 11.1. The topological polar surface area (TPSA) is 69.4 Å². The van der Waals surface area contributed by atoms with E-state index >= 15 is 0 Å². The van der Waals surface area contributed by atoms with Gasteiger partial charge in [-0.05, 0) is 42.0 Å². The van der Waals surface area contributed by atoms with Crippen molar-refractivity contribution in [3.63, 3.8) is 0 Å². The van der Waals surface area contributed by atoms with Crippen LogP contribution in [0.25, 0.3) is 21.5 Å². The van der Waals surface area contributed by atoms with Gasteiger partial charge in [0, 0.05) is 33.8 Å². The summed E-state index contributed by atoms with van der Waals surface area (Å²) in [7, 11) is 0. The first kappa shape index (κ1) is 18.6. The molecule has 0 saturated carbocycles. The summed E-state index contributed by atoms with van der Waals surface area (Å²) in [4.78, 5) is 28.6. The Morgan fingerprint density at radius 3 is 2.86 bits per heavy atom. The molecule has 0 fully saturated rings. The number of aromatic nitrogens is 1. The fraction of sp³-hybridized carbons (Fsp3) is 0.190. The second-order valence-electron chi connectivity index (χ2n) is 6.36. The lowest BCUT2D eigenvalue weighted by Crippen LogP contribution is -2.13. The molecule has 0 N–H and O–H groups in total. The predicted octanol–water partition coefficient (Wildman–Crippen LogP) is 5.00. The molecule has 0 bridgehead atoms. The van der Waals surface area contributed by atoms with Crippen LogP contribution in [0.4, 0.5) is 0 Å². The molecule has 4 rings (SSSR count). The molecule has 0 unspecified atom stereocenters. The van der Waals surface area contributed by atoms with Crippen molar-refractivity contribution in [3.05, 3.63) is 67.6 Å². The van der Waals surface area contributed by atoms with Crippen LogP contribution in [0.1, 0.15) is 23.7 Å². The largest absolute Gasteiger partial charge is 0.426 e. The van der Waals surface area contributed by atoms with E-state index in [1.54, 1.807) is 17.4 Å². The van der Waals surface area contributed by atoms with E-state index in [1.807, 2.05) is 42.1 Å². The standard InChI is InChI=1S/C21H17NO4S2/c1-3-13-7-16-12(2)6-19(23)26-18(16)9-17(13)25-20(24)8-15-11-28-21(22-15)14-4-5-27-10-14/h4-7,9-11H,3,8H2,1-2H3. The molecule has 4 aromatic rings. The van der Waals surface area contributed by atoms with Gasteiger partial charge in [-0.2, -0.15) is 11.3 Å². The van der Waals surface area contributed by atoms with E-state index < -0.39 is 11.6 Å². The van der Waals surface area contributed by atoms with Crippen LogP contribution in [-0.2, 0) is 17.6 Å². The summed E-state index contributed by atoms with van der Waals surface area (Å²) in [6.45, 7) is 3.85. The van der Waals surface area contributed by atoms with Gasteiger partial charge in [0.1, 0.15) is 16.3 Å². The zero-order valence-electron chi connectivity index (χ0n) is 15.4. The second kappa shape index (κ2) is 7.69. The van der Waals surface area contributed by atoms with Crippen molar-refractivity contribution in [2.75, 3.05) is 0 Å². The highest BCUT2D eigenvalue weighted by Crippen LogP contribution is 2.29. The number of rotatable bonds is 5. The number of nitrogens with zero attached hydrogens (tertiary/aromatic N) is 1. The SMILES string of the molecule is CCc1cc2c(C)cc(=O)oc2cc1OC(=O)Cc1csc(-c2ccsc2)n1. The van der Waals surface area contributed by atoms with Gasteiger partial charge in [0.15, 0.2) is 0 Å². The molecule has 0 aliphatic heterocycles. The maximum absolute atomic E-state index is 12.5. The van der Waals surface area contributed by atoms with Crippen molar-refractivity contribution in [1.29, 1.82) is 0 Å². The molecule has 3 heterocycles. The lowest BCUT2D eigenvalue weighted by Gasteiger charge is -2.10. The Balaban J connectivity index is 1.57. The average molecular weight is 412 g/mol. The van der Waals surface area contributed by atoms with Gasteiger partial charge in [-0.3, -0.25) is 4.79 Å². The third-order valence-electron chi connectivity index (χ3n) is 4.38. The Morgan fingerprint density at radius 2 is 2.11 bits per heavy atom. The third-order valence-corrected chi connectivity index (χ3v) is 6.01. The third kappa shape index (κ3) is 3.76. The zero-order chi connectivity index (χ0) is 19.7. The number of hydrogen-bond acceptors (Lipinski definition) is 7. The molecule has 0 aliphatic rings. The predicted molar refractivity (Wildman–Crippen MR) is 111 cm³/mol. The molecule has 0 aliphatic carbocycles. The van der Waals surface area contributed by atoms with Crippen LogP contribution >= 0.6 is 22.7 Å². The second-order valence-corrected chi connectivity index (χ2v) is 8.00. The Kier molecular flexibility index (Phi) is 5.11. The van der Waals surface area contributed by atoms with Gasteiger partial charge in [0.25, 0.3) is 0 Å². The van der Waals surface area contributed by atoms with Crippen molar-refractivity contribution < 1.29 is 13.9 Å². The van der Waals surface area contributed by atoms with Gasteiger partial charge in [0.2, 0.25) is 0 Å². The minimum absolute atomic E-state index is 0.0829. The molecular formula is C21H17NO4S2. The number of aryl methyl sites for hydroxylation is 2. The number of carbonyl (C=O) groups excluding carboxylic acids is 1. The highest BCUT2D eigenvalue weighted by molar-refractivity contribution is 7.14. The summed E-state index contributed by atoms with van der Waals surface area (Å²) in [5.74, 6) is 0.0215. The van der Waals surface area contributed by atoms with Gasteiger partial charge < -0.3 is 9.15 Å². The number of carbonyl (C=O) groups is 1. The number of ether oxygens (including phenoxy) is 1. The first-order valence-electron chi connectivity index (χ1n) is 8.78. The molecule has 0 spiro atoms. The van der Waals surface area contributed by atoms with Crippen molar-refractivity contribution in [2.45, 2.75) is 26.7 Å². The number of esters is 1. The smallest absolute Gasteiger partial charge is 0.336 e. The molecule has 3 aromatic heterocycles. The highest BCUT2D eigenvalue weighted by atomic mass is 32.1. The van der Waals surface area contributed by atoms with E-state index in [1.165, 1.54) is 17.4 Å². The molecule has 0 saturated heterocycles. The number of thiophene rings is 1. The average Bonchev–Trinajstić information content (AvgIpc) is 3.32. The first-order chi connectivity index (χ1) is 13.5. The van der Waals surface area contributed by atoms with Crippen molar-refractivity contribution in [2.24, 2.45) is 0 Å². The van der Waals surface area contributed by atoms with Crippen LogP contribution in [0.2, 0.25) is 0 Å². The van der Waals surface area contributed by atoms with Gasteiger partial charge in [-0.15, -0.1) is 11.3 Å². The summed E-state index contributed by atoms with van der Waals surface area (Å²) in [5.41, 5.74) is 3.45. The first-order valence-corrected chi connectivity index (χ1v) is 10.6. The van der Waals surface area contributed by atoms with Crippen molar-refractivity contribution in [1.82, 2.24) is 4.98 Å². The Morgan fingerprint density at radius 1 is 1.25 bits per heavy atom. The van der Waals surface area contributed by atoms with E-state index in [2.05, 4.69) is 4.98 Å². The van der Waals surface area contributed by atoms with Crippen molar-refractivity contribution >= 4 is 39.6 Å². The molecule has 5 nitrogen and oxygen atoms in total. The molecule has 0 amide bonds. The molecule has 7 heteroatoms. The van der Waals surface area contributed by atoms with Crippen molar-refractivity contribution in [3.8, 4) is 16.3 Å². The lowest BCUT2D eigenvalue weighted by molar-refractivity contribution is -0.133. The summed E-state index contributed by atoms with van der Waals surface area (Å²) in [6, 6.07) is 7.00. The van der Waals surface area contributed by atoms with Crippen LogP contribution in [0.5, 0.6) is 5.75 Å². The minimum Gasteiger partial charge on any atom is -0.426 e. The number of benzene rings is 1. The number of hydrogen-bond donors (Lipinski definition) is 0. The van der Waals surface area contributed by atoms with Crippen LogP contribution in [-0.4, -0.2) is 11.0 Å². The van der Waals surface area contributed by atoms with Gasteiger partial charge >= 0.3 is 11.6 Å². The summed E-state index contributed by atoms with van der Waals surface area (Å²) >= 11 is 3.12. The highest BCUT2D eigenvalue weighted by Gasteiger charge is 2.15. The molecule has 28 heavy (non-hydrogen) atoms. The Bertz CT molecular complexity index is 1210. The molecule has 0 atom stereocenters. The molecule has 1 aromatic carbocycles. The van der Waals surface area contributed by atoms with E-state index in [9.17, 15) is 9.59 Å². The van der Waals surface area contributed by atoms with Crippen LogP contribution in [0.15, 0.2) is 49.6 Å². The van der Waals surface area contributed by atoms with E-state index in [0.717, 1.165) is 27.1 Å². The summed E-state index contributed by atoms with van der Waals surface area (Å²) in [6.07, 6.45) is 0.774. The van der Waals surface area contributed by atoms with Crippen LogP contribution in [0, 0.1) is 6.92 Å². The molecule has 0 radical (unpaired) electrons. The quantitative estimate of drug-likeness (QED) is 0.263. The van der Waals surface area contributed by atoms with E-state index in [-0.39, 0.29) is 6.42 Å². The number of thiazole rings is 1. The minimum atomic E-state index is -0.421. The fourth-order valence-corrected chi connectivity index (χ4v) is 4.51. The van der Waals surface area contributed by atoms with Gasteiger partial charge in [0.05, 0.1) is 12.1 Å². The summed E-state index contributed by atoms with van der Waals surface area (Å²) < 4.78 is 10.9. The maximum Gasteiger partial charge on any atom is 0.336 e. The van der Waals surface area contributed by atoms with E-state index in [0.29, 0.717) is 23.4 Å². The summed E-state index contributed by atoms with van der Waals surface area (Å²) in [5, 5.41) is 7.63. The Hall–Kier alpha value is -2.77. The zero-order valence-corrected chi connectivity index (χ0v) is 17.0. The van der Waals surface area contributed by atoms with Crippen LogP contribution < -0.4 is 10.4 Å². The molecular weight excluding hydrogens is 394 g/mol. The maximum atomic E-state index is 12.5. The monoisotopic (exact) mass is 411 g/mol. The molecule has 142 valence electrons. The van der Waals surface area contributed by atoms with Gasteiger partial charge in [-0.1, -0.05) is 6.92 Å². The lowest BCUT2D eigenvalue weighted by atomic mass is 10.1. The Labute approximate surface area is 169 Å². The number of fused-ring (bicyclic) bond motifs is 1. The van der Waals surface area contributed by atoms with E-state index in [4.69, 9.17) is 9.15 Å². The van der Waals surface area contributed by atoms with Gasteiger partial charge in [-0.25, -0.2) is 9.78 Å². The fourth-order valence-electron chi connectivity index (χ4n) is 2.98.